The van der Waals surface area contributed by atoms with Gasteiger partial charge in [-0.3, -0.25) is 0 Å². The third kappa shape index (κ3) is 3.51. The van der Waals surface area contributed by atoms with Gasteiger partial charge in [0.05, 0.1) is 0 Å². The lowest BCUT2D eigenvalue weighted by Gasteiger charge is -1.97. The van der Waals surface area contributed by atoms with E-state index in [1.54, 1.807) is 13.0 Å². The normalized spacial score (nSPS) is 10.2. The molecule has 0 amide bonds. The summed E-state index contributed by atoms with van der Waals surface area (Å²) >= 11 is 0. The zero-order valence-corrected chi connectivity index (χ0v) is 7.42. The molecule has 70 valence electrons. The van der Waals surface area contributed by atoms with Gasteiger partial charge in [0.25, 0.3) is 0 Å². The smallest absolute Gasteiger partial charge is 0.123 e. The molecule has 0 aliphatic heterocycles. The van der Waals surface area contributed by atoms with Gasteiger partial charge in [-0.1, -0.05) is 0 Å². The van der Waals surface area contributed by atoms with Gasteiger partial charge in [0, 0.05) is 5.56 Å². The number of aliphatic hydroxyl groups is 1. The zero-order valence-electron chi connectivity index (χ0n) is 7.42. The highest BCUT2D eigenvalue weighted by atomic mass is 19.1. The Hall–Kier alpha value is -1.64. The van der Waals surface area contributed by atoms with E-state index < -0.39 is 0 Å². The summed E-state index contributed by atoms with van der Waals surface area (Å²) in [6.45, 7) is 4.22. The highest BCUT2D eigenvalue weighted by molar-refractivity contribution is 5.57. The molecular weight excluding hydrogens is 169 g/mol. The number of aliphatic hydroxyl groups excluding tert-OH is 1. The summed E-state index contributed by atoms with van der Waals surface area (Å²) in [4.78, 5) is 0. The largest absolute Gasteiger partial charge is 0.508 e. The lowest BCUT2D eigenvalue weighted by molar-refractivity contribution is 0.510. The number of halogens is 1. The van der Waals surface area contributed by atoms with Crippen molar-refractivity contribution in [1.82, 2.24) is 0 Å². The fourth-order valence-corrected chi connectivity index (χ4v) is 0.787. The lowest BCUT2D eigenvalue weighted by atomic mass is 10.2. The van der Waals surface area contributed by atoms with E-state index in [0.717, 1.165) is 0 Å². The summed E-state index contributed by atoms with van der Waals surface area (Å²) in [5.74, 6) is -0.123. The molecule has 0 saturated heterocycles. The highest BCUT2D eigenvalue weighted by Crippen LogP contribution is 2.10. The van der Waals surface area contributed by atoms with E-state index >= 15 is 0 Å². The second-order valence-electron chi connectivity index (χ2n) is 2.18. The Kier molecular flexibility index (Phi) is 5.19. The van der Waals surface area contributed by atoms with Gasteiger partial charge in [0.2, 0.25) is 0 Å². The van der Waals surface area contributed by atoms with E-state index in [0.29, 0.717) is 5.56 Å². The molecule has 0 unspecified atom stereocenters. The first-order valence-corrected chi connectivity index (χ1v) is 3.70. The molecule has 3 heteroatoms. The number of nitrogens with one attached hydrogen (secondary N) is 1. The summed E-state index contributed by atoms with van der Waals surface area (Å²) in [7, 11) is 0. The maximum Gasteiger partial charge on any atom is 0.123 e. The zero-order chi connectivity index (χ0) is 10.3. The molecule has 2 nitrogen and oxygen atoms in total. The maximum absolute atomic E-state index is 12.4. The van der Waals surface area contributed by atoms with Crippen molar-refractivity contribution in [2.24, 2.45) is 0 Å². The second-order valence-corrected chi connectivity index (χ2v) is 2.18. The predicted molar refractivity (Wildman–Crippen MR) is 52.5 cm³/mol. The Labute approximate surface area is 76.9 Å². The summed E-state index contributed by atoms with van der Waals surface area (Å²) in [5, 5.41) is 14.7. The number of hydrogen-bond acceptors (Lipinski definition) is 2. The minimum absolute atomic E-state index is 0.171. The van der Waals surface area contributed by atoms with Crippen LogP contribution in [0.25, 0.3) is 5.76 Å². The molecule has 1 aromatic rings. The van der Waals surface area contributed by atoms with Crippen molar-refractivity contribution in [3.63, 3.8) is 0 Å². The van der Waals surface area contributed by atoms with Gasteiger partial charge in [0.1, 0.15) is 11.6 Å². The van der Waals surface area contributed by atoms with Crippen LogP contribution < -0.4 is 0 Å². The Balaban J connectivity index is 0.000000671. The number of allylic oxidation sites excluding steroid dienone is 1. The summed E-state index contributed by atoms with van der Waals surface area (Å²) in [6.07, 6.45) is 1.56. The van der Waals surface area contributed by atoms with E-state index in [9.17, 15) is 4.39 Å². The van der Waals surface area contributed by atoms with Gasteiger partial charge in [-0.25, -0.2) is 4.39 Å². The van der Waals surface area contributed by atoms with Crippen LogP contribution in [0.4, 0.5) is 4.39 Å². The van der Waals surface area contributed by atoms with Crippen molar-refractivity contribution < 1.29 is 9.50 Å². The monoisotopic (exact) mass is 181 g/mol. The molecule has 0 aliphatic carbocycles. The Morgan fingerprint density at radius 1 is 1.38 bits per heavy atom. The SMILES string of the molecule is C/C=C(\O)c1ccc(F)cc1.C=N. The average molecular weight is 181 g/mol. The molecule has 13 heavy (non-hydrogen) atoms. The van der Waals surface area contributed by atoms with Gasteiger partial charge in [-0.05, 0) is 44.0 Å². The van der Waals surface area contributed by atoms with Crippen molar-refractivity contribution in [2.45, 2.75) is 6.92 Å². The van der Waals surface area contributed by atoms with E-state index in [-0.39, 0.29) is 11.6 Å². The number of hydrogen-bond donors (Lipinski definition) is 2. The standard InChI is InChI=1S/C9H9FO.CH3N/c1-2-9(11)7-3-5-8(10)6-4-7;1-2/h2-6,11H,1H3;2H,1H2/b9-2-;. The molecule has 0 bridgehead atoms. The van der Waals surface area contributed by atoms with E-state index in [1.807, 2.05) is 0 Å². The minimum Gasteiger partial charge on any atom is -0.508 e. The Bertz CT molecular complexity index is 279. The van der Waals surface area contributed by atoms with Crippen LogP contribution in [0.3, 0.4) is 0 Å². The first-order valence-electron chi connectivity index (χ1n) is 3.70. The molecular formula is C10H12FNO. The molecule has 0 aromatic heterocycles. The highest BCUT2D eigenvalue weighted by Gasteiger charge is 1.95. The fraction of sp³-hybridized carbons (Fsp3) is 0.100. The molecule has 0 atom stereocenters. The Morgan fingerprint density at radius 3 is 2.23 bits per heavy atom. The number of benzene rings is 1. The van der Waals surface area contributed by atoms with Crippen LogP contribution in [-0.2, 0) is 0 Å². The van der Waals surface area contributed by atoms with Crippen LogP contribution in [-0.4, -0.2) is 11.8 Å². The van der Waals surface area contributed by atoms with E-state index in [2.05, 4.69) is 6.72 Å². The molecule has 0 fully saturated rings. The van der Waals surface area contributed by atoms with Crippen LogP contribution in [0.1, 0.15) is 12.5 Å². The molecule has 2 N–H and O–H groups in total. The molecule has 0 saturated carbocycles. The van der Waals surface area contributed by atoms with Crippen molar-refractivity contribution in [3.05, 3.63) is 41.7 Å². The minimum atomic E-state index is -0.294. The van der Waals surface area contributed by atoms with Crippen LogP contribution in [0.15, 0.2) is 30.3 Å². The third-order valence-electron chi connectivity index (χ3n) is 1.41. The van der Waals surface area contributed by atoms with Crippen LogP contribution >= 0.6 is 0 Å². The van der Waals surface area contributed by atoms with Gasteiger partial charge in [-0.15, -0.1) is 0 Å². The second kappa shape index (κ2) is 5.94. The van der Waals surface area contributed by atoms with Gasteiger partial charge < -0.3 is 10.5 Å². The molecule has 0 spiro atoms. The van der Waals surface area contributed by atoms with Gasteiger partial charge >= 0.3 is 0 Å². The fourth-order valence-electron chi connectivity index (χ4n) is 0.787. The number of rotatable bonds is 1. The molecule has 0 heterocycles. The van der Waals surface area contributed by atoms with Crippen LogP contribution in [0.5, 0.6) is 0 Å². The summed E-state index contributed by atoms with van der Waals surface area (Å²) in [6, 6.07) is 5.69. The van der Waals surface area contributed by atoms with Crippen molar-refractivity contribution in [3.8, 4) is 0 Å². The van der Waals surface area contributed by atoms with Crippen molar-refractivity contribution in [2.75, 3.05) is 0 Å². The summed E-state index contributed by atoms with van der Waals surface area (Å²) in [5.41, 5.74) is 0.633. The molecule has 0 aliphatic rings. The van der Waals surface area contributed by atoms with Crippen molar-refractivity contribution >= 4 is 12.5 Å². The van der Waals surface area contributed by atoms with Gasteiger partial charge in [-0.2, -0.15) is 0 Å². The Morgan fingerprint density at radius 2 is 1.85 bits per heavy atom. The van der Waals surface area contributed by atoms with E-state index in [4.69, 9.17) is 10.5 Å². The van der Waals surface area contributed by atoms with Gasteiger partial charge in [0.15, 0.2) is 0 Å². The van der Waals surface area contributed by atoms with Crippen molar-refractivity contribution in [1.29, 1.82) is 5.41 Å². The van der Waals surface area contributed by atoms with Crippen LogP contribution in [0.2, 0.25) is 0 Å². The maximum atomic E-state index is 12.4. The quantitative estimate of drug-likeness (QED) is 0.507. The lowest BCUT2D eigenvalue weighted by Crippen LogP contribution is -1.81. The topological polar surface area (TPSA) is 44.1 Å². The first-order chi connectivity index (χ1) is 6.24. The third-order valence-corrected chi connectivity index (χ3v) is 1.41. The molecule has 1 rings (SSSR count). The van der Waals surface area contributed by atoms with E-state index in [1.165, 1.54) is 24.3 Å². The summed E-state index contributed by atoms with van der Waals surface area (Å²) < 4.78 is 12.4. The molecule has 0 radical (unpaired) electrons. The average Bonchev–Trinajstić information content (AvgIpc) is 2.21. The first kappa shape index (κ1) is 11.4. The predicted octanol–water partition coefficient (Wildman–Crippen LogP) is 3.01. The van der Waals surface area contributed by atoms with Crippen LogP contribution in [0, 0.1) is 11.2 Å². The molecule has 1 aromatic carbocycles.